The molecule has 0 aromatic heterocycles. The molecule has 0 unspecified atom stereocenters. The lowest BCUT2D eigenvalue weighted by Crippen LogP contribution is -2.36. The Bertz CT molecular complexity index is 392. The topological polar surface area (TPSA) is 49.5 Å². The van der Waals surface area contributed by atoms with Crippen LogP contribution < -0.4 is 10.6 Å². The summed E-state index contributed by atoms with van der Waals surface area (Å²) in [4.78, 5) is 1.92. The number of nitrogens with two attached hydrogens (primary N) is 1. The van der Waals surface area contributed by atoms with E-state index in [0.717, 1.165) is 0 Å². The van der Waals surface area contributed by atoms with E-state index in [9.17, 15) is 9.50 Å². The zero-order chi connectivity index (χ0) is 11.7. The first-order chi connectivity index (χ1) is 7.59. The minimum atomic E-state index is -0.280. The second kappa shape index (κ2) is 4.59. The first kappa shape index (κ1) is 11.7. The lowest BCUT2D eigenvalue weighted by molar-refractivity contribution is 0.145. The number of aliphatic hydroxyl groups excluding tert-OH is 1. The highest BCUT2D eigenvalue weighted by Crippen LogP contribution is 2.35. The quantitative estimate of drug-likeness (QED) is 0.779. The van der Waals surface area contributed by atoms with E-state index in [-0.39, 0.29) is 11.9 Å². The Hall–Kier alpha value is -0.810. The highest BCUT2D eigenvalue weighted by atomic mass is 79.9. The van der Waals surface area contributed by atoms with Crippen molar-refractivity contribution in [3.8, 4) is 0 Å². The maximum atomic E-state index is 13.7. The van der Waals surface area contributed by atoms with E-state index in [4.69, 9.17) is 5.73 Å². The van der Waals surface area contributed by atoms with Gasteiger partial charge in [-0.05, 0) is 40.9 Å². The van der Waals surface area contributed by atoms with Gasteiger partial charge in [-0.3, -0.25) is 0 Å². The minimum absolute atomic E-state index is 0.265. The number of hydrogen-bond donors (Lipinski definition) is 2. The Kier molecular flexibility index (Phi) is 3.35. The molecule has 16 heavy (non-hydrogen) atoms. The van der Waals surface area contributed by atoms with Crippen LogP contribution >= 0.6 is 15.9 Å². The van der Waals surface area contributed by atoms with Crippen LogP contribution in [0.1, 0.15) is 12.8 Å². The van der Waals surface area contributed by atoms with E-state index in [0.29, 0.717) is 41.8 Å². The van der Waals surface area contributed by atoms with Crippen LogP contribution in [0.5, 0.6) is 0 Å². The van der Waals surface area contributed by atoms with Crippen molar-refractivity contribution in [1.82, 2.24) is 0 Å². The molecule has 1 fully saturated rings. The van der Waals surface area contributed by atoms with Gasteiger partial charge in [0.15, 0.2) is 0 Å². The summed E-state index contributed by atoms with van der Waals surface area (Å²) in [5.74, 6) is -0.280. The molecule has 0 amide bonds. The van der Waals surface area contributed by atoms with Gasteiger partial charge in [0, 0.05) is 18.8 Å². The van der Waals surface area contributed by atoms with E-state index < -0.39 is 0 Å². The molecule has 0 saturated carbocycles. The molecule has 1 aliphatic heterocycles. The number of nitrogen functional groups attached to an aromatic ring is 1. The number of hydrogen-bond acceptors (Lipinski definition) is 3. The van der Waals surface area contributed by atoms with Crippen LogP contribution in [-0.4, -0.2) is 24.3 Å². The first-order valence-electron chi connectivity index (χ1n) is 5.26. The zero-order valence-electron chi connectivity index (χ0n) is 8.79. The smallest absolute Gasteiger partial charge is 0.147 e. The highest BCUT2D eigenvalue weighted by molar-refractivity contribution is 9.10. The molecule has 1 aromatic rings. The molecule has 0 bridgehead atoms. The van der Waals surface area contributed by atoms with Crippen molar-refractivity contribution in [3.05, 3.63) is 22.4 Å². The predicted molar refractivity (Wildman–Crippen MR) is 66.0 cm³/mol. The maximum Gasteiger partial charge on any atom is 0.147 e. The Morgan fingerprint density at radius 2 is 2.00 bits per heavy atom. The SMILES string of the molecule is Nc1ccc(F)c(N2CCC(O)CC2)c1Br. The molecule has 88 valence electrons. The largest absolute Gasteiger partial charge is 0.398 e. The molecule has 0 atom stereocenters. The highest BCUT2D eigenvalue weighted by Gasteiger charge is 2.22. The van der Waals surface area contributed by atoms with Gasteiger partial charge >= 0.3 is 0 Å². The summed E-state index contributed by atoms with van der Waals surface area (Å²) in [5, 5.41) is 9.41. The van der Waals surface area contributed by atoms with Gasteiger partial charge < -0.3 is 15.7 Å². The predicted octanol–water partition coefficient (Wildman–Crippen LogP) is 2.13. The molecule has 0 aliphatic carbocycles. The molecular weight excluding hydrogens is 275 g/mol. The van der Waals surface area contributed by atoms with Crippen molar-refractivity contribution in [2.24, 2.45) is 0 Å². The Labute approximate surface area is 102 Å². The van der Waals surface area contributed by atoms with Gasteiger partial charge in [0.1, 0.15) is 5.82 Å². The van der Waals surface area contributed by atoms with Crippen LogP contribution in [0.2, 0.25) is 0 Å². The summed E-state index contributed by atoms with van der Waals surface area (Å²) in [6.45, 7) is 1.31. The number of benzene rings is 1. The average Bonchev–Trinajstić information content (AvgIpc) is 2.27. The number of rotatable bonds is 1. The fourth-order valence-corrected chi connectivity index (χ4v) is 2.51. The molecule has 1 saturated heterocycles. The summed E-state index contributed by atoms with van der Waals surface area (Å²) in [6, 6.07) is 2.92. The number of aliphatic hydroxyl groups is 1. The van der Waals surface area contributed by atoms with E-state index in [1.165, 1.54) is 6.07 Å². The fraction of sp³-hybridized carbons (Fsp3) is 0.455. The number of halogens is 2. The van der Waals surface area contributed by atoms with Crippen LogP contribution in [-0.2, 0) is 0 Å². The number of piperidine rings is 1. The van der Waals surface area contributed by atoms with Crippen LogP contribution in [0.25, 0.3) is 0 Å². The number of nitrogens with zero attached hydrogens (tertiary/aromatic N) is 1. The Balaban J connectivity index is 2.29. The van der Waals surface area contributed by atoms with Crippen molar-refractivity contribution >= 4 is 27.3 Å². The Morgan fingerprint density at radius 3 is 2.62 bits per heavy atom. The minimum Gasteiger partial charge on any atom is -0.398 e. The molecule has 0 radical (unpaired) electrons. The van der Waals surface area contributed by atoms with E-state index in [1.807, 2.05) is 4.90 Å². The van der Waals surface area contributed by atoms with E-state index in [1.54, 1.807) is 6.07 Å². The van der Waals surface area contributed by atoms with Gasteiger partial charge in [0.05, 0.1) is 16.3 Å². The van der Waals surface area contributed by atoms with Gasteiger partial charge in [-0.25, -0.2) is 4.39 Å². The lowest BCUT2D eigenvalue weighted by Gasteiger charge is -2.32. The van der Waals surface area contributed by atoms with Gasteiger partial charge in [0.2, 0.25) is 0 Å². The third-order valence-electron chi connectivity index (χ3n) is 2.88. The molecule has 1 heterocycles. The van der Waals surface area contributed by atoms with E-state index >= 15 is 0 Å². The van der Waals surface area contributed by atoms with Crippen molar-refractivity contribution < 1.29 is 9.50 Å². The summed E-state index contributed by atoms with van der Waals surface area (Å²) in [6.07, 6.45) is 1.07. The van der Waals surface area contributed by atoms with Crippen LogP contribution in [0.3, 0.4) is 0 Å². The zero-order valence-corrected chi connectivity index (χ0v) is 10.4. The lowest BCUT2D eigenvalue weighted by atomic mass is 10.1. The van der Waals surface area contributed by atoms with Crippen molar-refractivity contribution in [1.29, 1.82) is 0 Å². The van der Waals surface area contributed by atoms with E-state index in [2.05, 4.69) is 15.9 Å². The second-order valence-electron chi connectivity index (χ2n) is 4.02. The van der Waals surface area contributed by atoms with Crippen LogP contribution in [0.4, 0.5) is 15.8 Å². The van der Waals surface area contributed by atoms with Crippen molar-refractivity contribution in [2.45, 2.75) is 18.9 Å². The van der Waals surface area contributed by atoms with Crippen LogP contribution in [0, 0.1) is 5.82 Å². The van der Waals surface area contributed by atoms with Crippen molar-refractivity contribution in [2.75, 3.05) is 23.7 Å². The maximum absolute atomic E-state index is 13.7. The molecule has 2 rings (SSSR count). The first-order valence-corrected chi connectivity index (χ1v) is 6.05. The monoisotopic (exact) mass is 288 g/mol. The second-order valence-corrected chi connectivity index (χ2v) is 4.81. The summed E-state index contributed by atoms with van der Waals surface area (Å²) >= 11 is 3.31. The normalized spacial score (nSPS) is 17.8. The molecule has 5 heteroatoms. The Morgan fingerprint density at radius 1 is 1.38 bits per heavy atom. The van der Waals surface area contributed by atoms with Gasteiger partial charge in [-0.1, -0.05) is 0 Å². The molecule has 0 spiro atoms. The van der Waals surface area contributed by atoms with Gasteiger partial charge in [0.25, 0.3) is 0 Å². The molecular formula is C11H14BrFN2O. The standard InChI is InChI=1S/C11H14BrFN2O/c12-10-9(14)2-1-8(13)11(10)15-5-3-7(16)4-6-15/h1-2,7,16H,3-6,14H2. The summed E-state index contributed by atoms with van der Waals surface area (Å²) < 4.78 is 14.3. The van der Waals surface area contributed by atoms with Gasteiger partial charge in [-0.15, -0.1) is 0 Å². The van der Waals surface area contributed by atoms with Gasteiger partial charge in [-0.2, -0.15) is 0 Å². The third-order valence-corrected chi connectivity index (χ3v) is 3.71. The average molecular weight is 289 g/mol. The molecule has 1 aliphatic rings. The van der Waals surface area contributed by atoms with Crippen LogP contribution in [0.15, 0.2) is 16.6 Å². The van der Waals surface area contributed by atoms with Crippen molar-refractivity contribution in [3.63, 3.8) is 0 Å². The summed E-state index contributed by atoms with van der Waals surface area (Å²) in [7, 11) is 0. The third kappa shape index (κ3) is 2.15. The molecule has 3 nitrogen and oxygen atoms in total. The summed E-state index contributed by atoms with van der Waals surface area (Å²) in [5.41, 5.74) is 6.77. The molecule has 1 aromatic carbocycles. The fourth-order valence-electron chi connectivity index (χ4n) is 1.94. The number of anilines is 2. The molecule has 3 N–H and O–H groups in total.